The first kappa shape index (κ1) is 20.9. The van der Waals surface area contributed by atoms with Crippen LogP contribution in [0.1, 0.15) is 25.3 Å². The van der Waals surface area contributed by atoms with Crippen molar-refractivity contribution in [3.05, 3.63) is 68.0 Å². The van der Waals surface area contributed by atoms with Crippen molar-refractivity contribution in [2.24, 2.45) is 0 Å². The van der Waals surface area contributed by atoms with Crippen molar-refractivity contribution in [2.75, 3.05) is 11.9 Å². The third-order valence-corrected chi connectivity index (χ3v) is 5.48. The molecule has 150 valence electrons. The zero-order chi connectivity index (χ0) is 21.0. The Kier molecular flexibility index (Phi) is 6.60. The summed E-state index contributed by atoms with van der Waals surface area (Å²) in [4.78, 5) is 26.8. The van der Waals surface area contributed by atoms with Gasteiger partial charge in [-0.05, 0) is 51.7 Å². The minimum atomic E-state index is -0.453. The fourth-order valence-corrected chi connectivity index (χ4v) is 3.76. The summed E-state index contributed by atoms with van der Waals surface area (Å²) in [5, 5.41) is 15.6. The molecule has 29 heavy (non-hydrogen) atoms. The Bertz CT molecular complexity index is 1030. The molecule has 1 N–H and O–H groups in total. The van der Waals surface area contributed by atoms with Gasteiger partial charge in [-0.25, -0.2) is 4.98 Å². The number of benzene rings is 2. The number of amides is 1. The van der Waals surface area contributed by atoms with Crippen molar-refractivity contribution < 1.29 is 14.5 Å². The Morgan fingerprint density at radius 1 is 1.28 bits per heavy atom. The maximum Gasteiger partial charge on any atom is 0.269 e. The van der Waals surface area contributed by atoms with E-state index >= 15 is 0 Å². The fraction of sp³-hybridized carbons (Fsp3) is 0.200. The van der Waals surface area contributed by atoms with Crippen LogP contribution in [0.25, 0.3) is 11.3 Å². The van der Waals surface area contributed by atoms with Gasteiger partial charge >= 0.3 is 0 Å². The SMILES string of the molecule is CC(C)c1ccc(OCC(=O)Nc2nc(-c3ccc([N+](=O)[O-])cc3)cs2)c(Br)c1. The molecule has 0 saturated heterocycles. The molecule has 0 spiro atoms. The predicted molar refractivity (Wildman–Crippen MR) is 117 cm³/mol. The summed E-state index contributed by atoms with van der Waals surface area (Å²) in [6.45, 7) is 4.06. The monoisotopic (exact) mass is 475 g/mol. The standard InChI is InChI=1S/C20H18BrN3O4S/c1-12(2)14-5-8-18(16(21)9-14)28-10-19(25)23-20-22-17(11-29-20)13-3-6-15(7-4-13)24(26)27/h3-9,11-12H,10H2,1-2H3,(H,22,23,25). The molecule has 0 unspecified atom stereocenters. The highest BCUT2D eigenvalue weighted by Gasteiger charge is 2.12. The molecular weight excluding hydrogens is 458 g/mol. The third kappa shape index (κ3) is 5.39. The Morgan fingerprint density at radius 2 is 2.00 bits per heavy atom. The van der Waals surface area contributed by atoms with Crippen molar-refractivity contribution in [1.82, 2.24) is 4.98 Å². The summed E-state index contributed by atoms with van der Waals surface area (Å²) in [6.07, 6.45) is 0. The van der Waals surface area contributed by atoms with Gasteiger partial charge in [0.15, 0.2) is 11.7 Å². The molecule has 3 rings (SSSR count). The highest BCUT2D eigenvalue weighted by Crippen LogP contribution is 2.29. The van der Waals surface area contributed by atoms with Gasteiger partial charge in [-0.2, -0.15) is 0 Å². The van der Waals surface area contributed by atoms with E-state index in [1.165, 1.54) is 29.0 Å². The lowest BCUT2D eigenvalue weighted by Crippen LogP contribution is -2.20. The lowest BCUT2D eigenvalue weighted by Gasteiger charge is -2.11. The number of aromatic nitrogens is 1. The number of hydrogen-bond acceptors (Lipinski definition) is 6. The fourth-order valence-electron chi connectivity index (χ4n) is 2.51. The molecule has 0 aliphatic rings. The second-order valence-corrected chi connectivity index (χ2v) is 8.24. The van der Waals surface area contributed by atoms with Gasteiger partial charge in [0.25, 0.3) is 11.6 Å². The molecule has 9 heteroatoms. The molecule has 0 bridgehead atoms. The minimum absolute atomic E-state index is 0.0160. The Hall–Kier alpha value is -2.78. The summed E-state index contributed by atoms with van der Waals surface area (Å²) in [5.41, 5.74) is 2.56. The van der Waals surface area contributed by atoms with E-state index in [1.807, 2.05) is 18.2 Å². The Labute approximate surface area is 180 Å². The minimum Gasteiger partial charge on any atom is -0.483 e. The molecule has 0 aliphatic carbocycles. The van der Waals surface area contributed by atoms with Crippen LogP contribution in [0.3, 0.4) is 0 Å². The molecule has 3 aromatic rings. The molecule has 1 amide bonds. The number of carbonyl (C=O) groups is 1. The van der Waals surface area contributed by atoms with E-state index in [9.17, 15) is 14.9 Å². The molecule has 0 saturated carbocycles. The summed E-state index contributed by atoms with van der Waals surface area (Å²) >= 11 is 4.74. The second kappa shape index (κ2) is 9.15. The van der Waals surface area contributed by atoms with Crippen LogP contribution < -0.4 is 10.1 Å². The first-order chi connectivity index (χ1) is 13.8. The van der Waals surface area contributed by atoms with Gasteiger partial charge in [-0.3, -0.25) is 20.2 Å². The number of ether oxygens (including phenoxy) is 1. The van der Waals surface area contributed by atoms with Crippen LogP contribution in [0.4, 0.5) is 10.8 Å². The quantitative estimate of drug-likeness (QED) is 0.353. The van der Waals surface area contributed by atoms with Crippen molar-refractivity contribution >= 4 is 44.0 Å². The van der Waals surface area contributed by atoms with E-state index in [0.717, 1.165) is 10.0 Å². The number of rotatable bonds is 7. The van der Waals surface area contributed by atoms with Crippen LogP contribution in [0.2, 0.25) is 0 Å². The van der Waals surface area contributed by atoms with Crippen molar-refractivity contribution in [2.45, 2.75) is 19.8 Å². The molecule has 7 nitrogen and oxygen atoms in total. The van der Waals surface area contributed by atoms with Gasteiger partial charge in [0, 0.05) is 23.1 Å². The average molecular weight is 476 g/mol. The average Bonchev–Trinajstić information content (AvgIpc) is 3.15. The number of nitrogens with zero attached hydrogens (tertiary/aromatic N) is 2. The van der Waals surface area contributed by atoms with Gasteiger partial charge in [0.1, 0.15) is 5.75 Å². The zero-order valence-electron chi connectivity index (χ0n) is 15.7. The molecule has 1 aromatic heterocycles. The zero-order valence-corrected chi connectivity index (χ0v) is 18.1. The smallest absolute Gasteiger partial charge is 0.269 e. The van der Waals surface area contributed by atoms with Crippen LogP contribution in [-0.4, -0.2) is 22.4 Å². The molecule has 2 aromatic carbocycles. The van der Waals surface area contributed by atoms with E-state index in [1.54, 1.807) is 17.5 Å². The molecule has 0 aliphatic heterocycles. The molecule has 0 radical (unpaired) electrons. The lowest BCUT2D eigenvalue weighted by molar-refractivity contribution is -0.384. The normalized spacial score (nSPS) is 10.8. The predicted octanol–water partition coefficient (Wildman–Crippen LogP) is 5.62. The van der Waals surface area contributed by atoms with E-state index in [0.29, 0.717) is 22.5 Å². The van der Waals surface area contributed by atoms with Gasteiger partial charge < -0.3 is 4.74 Å². The number of nitro groups is 1. The van der Waals surface area contributed by atoms with Crippen LogP contribution in [0, 0.1) is 10.1 Å². The van der Waals surface area contributed by atoms with E-state index < -0.39 is 4.92 Å². The van der Waals surface area contributed by atoms with Gasteiger partial charge in [0.05, 0.1) is 15.1 Å². The maximum absolute atomic E-state index is 12.2. The molecular formula is C20H18BrN3O4S. The number of nitro benzene ring substituents is 1. The largest absolute Gasteiger partial charge is 0.483 e. The highest BCUT2D eigenvalue weighted by molar-refractivity contribution is 9.10. The summed E-state index contributed by atoms with van der Waals surface area (Å²) < 4.78 is 6.38. The van der Waals surface area contributed by atoms with Crippen molar-refractivity contribution in [3.8, 4) is 17.0 Å². The number of anilines is 1. The molecule has 0 atom stereocenters. The maximum atomic E-state index is 12.2. The number of nitrogens with one attached hydrogen (secondary N) is 1. The second-order valence-electron chi connectivity index (χ2n) is 6.52. The van der Waals surface area contributed by atoms with E-state index in [4.69, 9.17) is 4.74 Å². The van der Waals surface area contributed by atoms with E-state index in [-0.39, 0.29) is 18.2 Å². The number of halogens is 1. The van der Waals surface area contributed by atoms with Crippen molar-refractivity contribution in [1.29, 1.82) is 0 Å². The first-order valence-corrected chi connectivity index (χ1v) is 10.4. The summed E-state index contributed by atoms with van der Waals surface area (Å²) in [5.74, 6) is 0.670. The van der Waals surface area contributed by atoms with Crippen LogP contribution in [0.5, 0.6) is 5.75 Å². The molecule has 0 fully saturated rings. The number of non-ortho nitro benzene ring substituents is 1. The van der Waals surface area contributed by atoms with E-state index in [2.05, 4.69) is 40.1 Å². The van der Waals surface area contributed by atoms with Gasteiger partial charge in [-0.15, -0.1) is 11.3 Å². The Morgan fingerprint density at radius 3 is 2.62 bits per heavy atom. The molecule has 1 heterocycles. The topological polar surface area (TPSA) is 94.4 Å². The van der Waals surface area contributed by atoms with Gasteiger partial charge in [0.2, 0.25) is 0 Å². The van der Waals surface area contributed by atoms with Crippen LogP contribution in [0.15, 0.2) is 52.3 Å². The van der Waals surface area contributed by atoms with Crippen molar-refractivity contribution in [3.63, 3.8) is 0 Å². The van der Waals surface area contributed by atoms with Gasteiger partial charge in [-0.1, -0.05) is 19.9 Å². The summed E-state index contributed by atoms with van der Waals surface area (Å²) in [7, 11) is 0. The first-order valence-electron chi connectivity index (χ1n) is 8.76. The Balaban J connectivity index is 1.58. The number of hydrogen-bond donors (Lipinski definition) is 1. The summed E-state index contributed by atoms with van der Waals surface area (Å²) in [6, 6.07) is 11.9. The highest BCUT2D eigenvalue weighted by atomic mass is 79.9. The third-order valence-electron chi connectivity index (χ3n) is 4.11. The van der Waals surface area contributed by atoms with Crippen LogP contribution in [-0.2, 0) is 4.79 Å². The number of carbonyl (C=O) groups excluding carboxylic acids is 1. The number of thiazole rings is 1. The lowest BCUT2D eigenvalue weighted by atomic mass is 10.0. The van der Waals surface area contributed by atoms with Crippen LogP contribution >= 0.6 is 27.3 Å².